The molecule has 8 nitrogen and oxygen atoms in total. The monoisotopic (exact) mass is 501 g/mol. The van der Waals surface area contributed by atoms with Crippen molar-refractivity contribution in [3.63, 3.8) is 0 Å². The molecule has 3 aromatic heterocycles. The van der Waals surface area contributed by atoms with E-state index in [-0.39, 0.29) is 16.8 Å². The van der Waals surface area contributed by atoms with E-state index in [0.29, 0.717) is 43.8 Å². The number of para-hydroxylation sites is 1. The number of nitriles is 1. The first-order chi connectivity index (χ1) is 16.9. The van der Waals surface area contributed by atoms with Crippen LogP contribution in [0.5, 0.6) is 0 Å². The zero-order valence-electron chi connectivity index (χ0n) is 17.6. The van der Waals surface area contributed by atoms with Gasteiger partial charge in [0.1, 0.15) is 28.2 Å². The summed E-state index contributed by atoms with van der Waals surface area (Å²) < 4.78 is 11.1. The third-order valence-corrected chi connectivity index (χ3v) is 6.22. The number of nitro groups is 1. The summed E-state index contributed by atoms with van der Waals surface area (Å²) in [7, 11) is 0. The summed E-state index contributed by atoms with van der Waals surface area (Å²) in [6, 6.07) is 18.1. The van der Waals surface area contributed by atoms with Gasteiger partial charge < -0.3 is 8.83 Å². The van der Waals surface area contributed by atoms with Gasteiger partial charge in [0.15, 0.2) is 0 Å². The first-order valence-corrected chi connectivity index (χ1v) is 11.3. The maximum Gasteiger partial charge on any atom is 0.345 e. The van der Waals surface area contributed by atoms with Gasteiger partial charge in [-0.2, -0.15) is 5.26 Å². The molecule has 0 saturated carbocycles. The number of nitrogens with zero attached hydrogens (tertiary/aromatic N) is 3. The van der Waals surface area contributed by atoms with Crippen LogP contribution in [0.3, 0.4) is 0 Å². The third-order valence-electron chi connectivity index (χ3n) is 5.10. The number of rotatable bonds is 5. The second-order valence-electron chi connectivity index (χ2n) is 7.31. The first kappa shape index (κ1) is 22.3. The molecule has 0 bridgehead atoms. The number of furan rings is 1. The van der Waals surface area contributed by atoms with Gasteiger partial charge in [-0.15, -0.1) is 11.3 Å². The van der Waals surface area contributed by atoms with Crippen LogP contribution >= 0.6 is 22.9 Å². The number of hydrogen-bond acceptors (Lipinski definition) is 8. The van der Waals surface area contributed by atoms with Crippen LogP contribution in [-0.2, 0) is 0 Å². The van der Waals surface area contributed by atoms with Crippen molar-refractivity contribution >= 4 is 51.2 Å². The van der Waals surface area contributed by atoms with Gasteiger partial charge in [-0.25, -0.2) is 9.78 Å². The third kappa shape index (κ3) is 4.36. The van der Waals surface area contributed by atoms with Gasteiger partial charge in [0.25, 0.3) is 5.69 Å². The van der Waals surface area contributed by atoms with Gasteiger partial charge in [-0.1, -0.05) is 23.7 Å². The van der Waals surface area contributed by atoms with Gasteiger partial charge in [-0.3, -0.25) is 10.1 Å². The molecule has 35 heavy (non-hydrogen) atoms. The Bertz CT molecular complexity index is 1740. The largest absolute Gasteiger partial charge is 0.456 e. The van der Waals surface area contributed by atoms with E-state index in [4.69, 9.17) is 20.4 Å². The molecule has 0 N–H and O–H groups in total. The Morgan fingerprint density at radius 2 is 1.94 bits per heavy atom. The van der Waals surface area contributed by atoms with Crippen molar-refractivity contribution in [2.24, 2.45) is 0 Å². The van der Waals surface area contributed by atoms with Crippen LogP contribution in [0.15, 0.2) is 79.7 Å². The van der Waals surface area contributed by atoms with E-state index >= 15 is 0 Å². The van der Waals surface area contributed by atoms with Crippen molar-refractivity contribution in [2.45, 2.75) is 0 Å². The van der Waals surface area contributed by atoms with Crippen LogP contribution in [0.2, 0.25) is 5.02 Å². The van der Waals surface area contributed by atoms with Crippen LogP contribution < -0.4 is 5.63 Å². The normalized spacial score (nSPS) is 11.5. The average molecular weight is 502 g/mol. The van der Waals surface area contributed by atoms with E-state index in [1.807, 2.05) is 0 Å². The van der Waals surface area contributed by atoms with E-state index in [0.717, 1.165) is 0 Å². The zero-order chi connectivity index (χ0) is 24.5. The Balaban J connectivity index is 1.49. The smallest absolute Gasteiger partial charge is 0.345 e. The molecule has 10 heteroatoms. The second-order valence-corrected chi connectivity index (χ2v) is 8.61. The van der Waals surface area contributed by atoms with E-state index < -0.39 is 10.5 Å². The standard InChI is InChI=1S/C25H12ClN3O5S/c26-16-5-7-22-14(9-16)11-19(25(30)34-22)20-13-35-24(28-20)15(12-27)10-17-6-8-23(33-17)18-3-1-2-4-21(18)29(31)32/h1-11,13H/b15-10+. The number of halogens is 1. The summed E-state index contributed by atoms with van der Waals surface area (Å²) in [4.78, 5) is 27.8. The van der Waals surface area contributed by atoms with Crippen molar-refractivity contribution in [1.29, 1.82) is 5.26 Å². The Hall–Kier alpha value is -4.52. The fourth-order valence-corrected chi connectivity index (χ4v) is 4.46. The lowest BCUT2D eigenvalue weighted by atomic mass is 10.1. The molecule has 0 aliphatic rings. The molecular weight excluding hydrogens is 490 g/mol. The number of nitro benzene ring substituents is 1. The molecule has 0 aliphatic heterocycles. The van der Waals surface area contributed by atoms with Gasteiger partial charge in [0, 0.05) is 27.9 Å². The van der Waals surface area contributed by atoms with E-state index in [1.165, 1.54) is 23.5 Å². The molecule has 5 rings (SSSR count). The van der Waals surface area contributed by atoms with E-state index in [9.17, 15) is 20.2 Å². The molecule has 0 unspecified atom stereocenters. The highest BCUT2D eigenvalue weighted by Gasteiger charge is 2.18. The van der Waals surface area contributed by atoms with Crippen LogP contribution in [0.25, 0.3) is 45.2 Å². The summed E-state index contributed by atoms with van der Waals surface area (Å²) in [5.74, 6) is 0.624. The predicted octanol–water partition coefficient (Wildman–Crippen LogP) is 6.80. The molecule has 170 valence electrons. The molecular formula is C25H12ClN3O5S. The van der Waals surface area contributed by atoms with Crippen molar-refractivity contribution in [3.05, 3.63) is 102 Å². The number of thiazole rings is 1. The predicted molar refractivity (Wildman–Crippen MR) is 133 cm³/mol. The second kappa shape index (κ2) is 9.02. The number of allylic oxidation sites excluding steroid dienone is 1. The Kier molecular flexibility index (Phi) is 5.74. The van der Waals surface area contributed by atoms with Crippen LogP contribution in [-0.4, -0.2) is 9.91 Å². The fourth-order valence-electron chi connectivity index (χ4n) is 3.49. The minimum Gasteiger partial charge on any atom is -0.456 e. The lowest BCUT2D eigenvalue weighted by Crippen LogP contribution is -2.02. The fraction of sp³-hybridized carbons (Fsp3) is 0. The van der Waals surface area contributed by atoms with E-state index in [1.54, 1.807) is 60.0 Å². The Morgan fingerprint density at radius 3 is 2.74 bits per heavy atom. The molecule has 0 aliphatic carbocycles. The highest BCUT2D eigenvalue weighted by Crippen LogP contribution is 2.33. The molecule has 0 amide bonds. The Labute approximate surface area is 206 Å². The molecule has 0 saturated heterocycles. The topological polar surface area (TPSA) is 123 Å². The van der Waals surface area contributed by atoms with Crippen LogP contribution in [0.4, 0.5) is 5.69 Å². The van der Waals surface area contributed by atoms with Crippen LogP contribution in [0, 0.1) is 21.4 Å². The van der Waals surface area contributed by atoms with Crippen molar-refractivity contribution < 1.29 is 13.8 Å². The van der Waals surface area contributed by atoms with Crippen molar-refractivity contribution in [1.82, 2.24) is 4.98 Å². The summed E-state index contributed by atoms with van der Waals surface area (Å²) in [5.41, 5.74) is 0.909. The SMILES string of the molecule is N#C/C(=C\c1ccc(-c2ccccc2[N+](=O)[O-])o1)c1nc(-c2cc3cc(Cl)ccc3oc2=O)cs1. The number of fused-ring (bicyclic) bond motifs is 1. The highest BCUT2D eigenvalue weighted by atomic mass is 35.5. The van der Waals surface area contributed by atoms with Crippen molar-refractivity contribution in [3.8, 4) is 28.7 Å². The molecule has 0 fully saturated rings. The molecule has 0 atom stereocenters. The van der Waals surface area contributed by atoms with Gasteiger partial charge in [-0.05, 0) is 42.5 Å². The van der Waals surface area contributed by atoms with E-state index in [2.05, 4.69) is 11.1 Å². The lowest BCUT2D eigenvalue weighted by molar-refractivity contribution is -0.384. The van der Waals surface area contributed by atoms with Gasteiger partial charge >= 0.3 is 5.63 Å². The minimum atomic E-state index is -0.556. The number of aromatic nitrogens is 1. The van der Waals surface area contributed by atoms with Gasteiger partial charge in [0.05, 0.1) is 27.3 Å². The summed E-state index contributed by atoms with van der Waals surface area (Å²) in [5, 5.41) is 24.2. The summed E-state index contributed by atoms with van der Waals surface area (Å²) in [6.45, 7) is 0. The number of hydrogen-bond donors (Lipinski definition) is 0. The number of benzene rings is 2. The molecule has 3 heterocycles. The maximum absolute atomic E-state index is 12.5. The quantitative estimate of drug-likeness (QED) is 0.112. The maximum atomic E-state index is 12.5. The molecule has 5 aromatic rings. The summed E-state index contributed by atoms with van der Waals surface area (Å²) >= 11 is 7.23. The highest BCUT2D eigenvalue weighted by molar-refractivity contribution is 7.11. The minimum absolute atomic E-state index is 0.0852. The van der Waals surface area contributed by atoms with Gasteiger partial charge in [0.2, 0.25) is 0 Å². The average Bonchev–Trinajstić information content (AvgIpc) is 3.52. The van der Waals surface area contributed by atoms with Crippen molar-refractivity contribution in [2.75, 3.05) is 0 Å². The first-order valence-electron chi connectivity index (χ1n) is 10.1. The van der Waals surface area contributed by atoms with Crippen LogP contribution in [0.1, 0.15) is 10.8 Å². The molecule has 0 spiro atoms. The Morgan fingerprint density at radius 1 is 1.11 bits per heavy atom. The molecule has 0 radical (unpaired) electrons. The summed E-state index contributed by atoms with van der Waals surface area (Å²) in [6.07, 6.45) is 1.49. The molecule has 2 aromatic carbocycles. The zero-order valence-corrected chi connectivity index (χ0v) is 19.2. The lowest BCUT2D eigenvalue weighted by Gasteiger charge is -2.00.